The Kier molecular flexibility index (Phi) is 5.19. The van der Waals surface area contributed by atoms with E-state index in [9.17, 15) is 4.79 Å². The molecule has 3 rings (SSSR count). The zero-order valence-corrected chi connectivity index (χ0v) is 14.2. The van der Waals surface area contributed by atoms with Crippen LogP contribution in [0.2, 0.25) is 0 Å². The third-order valence-electron chi connectivity index (χ3n) is 3.86. The molecule has 0 atom stereocenters. The minimum Gasteiger partial charge on any atom is -0.493 e. The van der Waals surface area contributed by atoms with Crippen molar-refractivity contribution in [3.05, 3.63) is 61.2 Å². The number of hydrogen-bond donors (Lipinski definition) is 0. The van der Waals surface area contributed by atoms with Gasteiger partial charge in [-0.1, -0.05) is 55.1 Å². The van der Waals surface area contributed by atoms with Crippen LogP contribution in [0.4, 0.5) is 0 Å². The van der Waals surface area contributed by atoms with E-state index in [1.165, 1.54) is 0 Å². The number of ether oxygens (including phenoxy) is 3. The first-order chi connectivity index (χ1) is 12.3. The molecule has 3 aromatic carbocycles. The molecule has 0 spiro atoms. The maximum atomic E-state index is 11.2. The van der Waals surface area contributed by atoms with Crippen molar-refractivity contribution in [1.82, 2.24) is 0 Å². The van der Waals surface area contributed by atoms with Crippen LogP contribution in [0.1, 0.15) is 6.92 Å². The summed E-state index contributed by atoms with van der Waals surface area (Å²) in [7, 11) is 0. The van der Waals surface area contributed by atoms with E-state index in [1.807, 2.05) is 55.5 Å². The fourth-order valence-corrected chi connectivity index (χ4v) is 2.85. The van der Waals surface area contributed by atoms with Crippen LogP contribution in [-0.2, 0) is 9.53 Å². The van der Waals surface area contributed by atoms with Gasteiger partial charge >= 0.3 is 5.97 Å². The van der Waals surface area contributed by atoms with Crippen LogP contribution in [0.3, 0.4) is 0 Å². The highest BCUT2D eigenvalue weighted by Gasteiger charge is 2.15. The van der Waals surface area contributed by atoms with Gasteiger partial charge in [0, 0.05) is 27.6 Å². The van der Waals surface area contributed by atoms with E-state index in [4.69, 9.17) is 14.2 Å². The Bertz CT molecular complexity index is 857. The molecule has 128 valence electrons. The molecule has 4 heteroatoms. The second-order valence-corrected chi connectivity index (χ2v) is 5.40. The van der Waals surface area contributed by atoms with Gasteiger partial charge in [0.2, 0.25) is 0 Å². The van der Waals surface area contributed by atoms with Crippen molar-refractivity contribution in [2.75, 3.05) is 19.8 Å². The van der Waals surface area contributed by atoms with Gasteiger partial charge in [0.25, 0.3) is 0 Å². The molecule has 25 heavy (non-hydrogen) atoms. The van der Waals surface area contributed by atoms with Crippen LogP contribution in [0.15, 0.2) is 61.2 Å². The van der Waals surface area contributed by atoms with Gasteiger partial charge in [0.05, 0.1) is 6.61 Å². The lowest BCUT2D eigenvalue weighted by Gasteiger charge is -2.17. The first kappa shape index (κ1) is 16.8. The smallest absolute Gasteiger partial charge is 0.330 e. The summed E-state index contributed by atoms with van der Waals surface area (Å²) < 4.78 is 16.9. The van der Waals surface area contributed by atoms with Crippen LogP contribution < -0.4 is 9.47 Å². The van der Waals surface area contributed by atoms with E-state index in [0.717, 1.165) is 39.1 Å². The Balaban J connectivity index is 2.05. The van der Waals surface area contributed by atoms with Gasteiger partial charge in [0.15, 0.2) is 0 Å². The SMILES string of the molecule is C=CC(=O)OCCOc1c2ccccc2c(OCC)c2ccccc12. The summed E-state index contributed by atoms with van der Waals surface area (Å²) in [4.78, 5) is 11.2. The van der Waals surface area contributed by atoms with Gasteiger partial charge in [-0.25, -0.2) is 4.79 Å². The van der Waals surface area contributed by atoms with Crippen LogP contribution in [0.25, 0.3) is 21.5 Å². The molecule has 0 aromatic heterocycles. The van der Waals surface area contributed by atoms with Crippen molar-refractivity contribution in [3.8, 4) is 11.5 Å². The fraction of sp³-hybridized carbons (Fsp3) is 0.190. The number of benzene rings is 3. The second-order valence-electron chi connectivity index (χ2n) is 5.40. The minimum atomic E-state index is -0.454. The van der Waals surface area contributed by atoms with Crippen molar-refractivity contribution in [1.29, 1.82) is 0 Å². The zero-order valence-electron chi connectivity index (χ0n) is 14.2. The lowest BCUT2D eigenvalue weighted by atomic mass is 10.0. The Morgan fingerprint density at radius 3 is 1.80 bits per heavy atom. The molecule has 0 bridgehead atoms. The van der Waals surface area contributed by atoms with Crippen molar-refractivity contribution < 1.29 is 19.0 Å². The molecule has 4 nitrogen and oxygen atoms in total. The van der Waals surface area contributed by atoms with E-state index in [-0.39, 0.29) is 13.2 Å². The summed E-state index contributed by atoms with van der Waals surface area (Å²) in [5, 5.41) is 3.95. The van der Waals surface area contributed by atoms with E-state index >= 15 is 0 Å². The molecule has 0 aliphatic carbocycles. The molecule has 0 N–H and O–H groups in total. The molecule has 0 radical (unpaired) electrons. The molecule has 3 aromatic rings. The standard InChI is InChI=1S/C21H20O4/c1-3-19(22)24-13-14-25-21-17-11-7-5-9-15(17)20(23-4-2)16-10-6-8-12-18(16)21/h3,5-12H,1,4,13-14H2,2H3. The number of rotatable bonds is 7. The van der Waals surface area contributed by atoms with Crippen molar-refractivity contribution >= 4 is 27.5 Å². The minimum absolute atomic E-state index is 0.167. The molecular weight excluding hydrogens is 316 g/mol. The van der Waals surface area contributed by atoms with Crippen molar-refractivity contribution in [2.45, 2.75) is 6.92 Å². The molecule has 0 aliphatic rings. The number of fused-ring (bicyclic) bond motifs is 2. The molecular formula is C21H20O4. The summed E-state index contributed by atoms with van der Waals surface area (Å²) in [6.07, 6.45) is 1.14. The Hall–Kier alpha value is -3.01. The quantitative estimate of drug-likeness (QED) is 0.276. The topological polar surface area (TPSA) is 44.8 Å². The van der Waals surface area contributed by atoms with E-state index in [2.05, 4.69) is 6.58 Å². The average molecular weight is 336 g/mol. The predicted molar refractivity (Wildman–Crippen MR) is 99.3 cm³/mol. The number of carbonyl (C=O) groups is 1. The van der Waals surface area contributed by atoms with Gasteiger partial charge in [-0.3, -0.25) is 0 Å². The highest BCUT2D eigenvalue weighted by atomic mass is 16.6. The Morgan fingerprint density at radius 1 is 0.880 bits per heavy atom. The molecule has 0 amide bonds. The zero-order chi connectivity index (χ0) is 17.6. The number of carbonyl (C=O) groups excluding carboxylic acids is 1. The Morgan fingerprint density at radius 2 is 1.36 bits per heavy atom. The first-order valence-electron chi connectivity index (χ1n) is 8.24. The summed E-state index contributed by atoms with van der Waals surface area (Å²) in [6, 6.07) is 16.0. The van der Waals surface area contributed by atoms with Gasteiger partial charge in [-0.05, 0) is 6.92 Å². The summed E-state index contributed by atoms with van der Waals surface area (Å²) in [6.45, 7) is 6.37. The van der Waals surface area contributed by atoms with Crippen LogP contribution >= 0.6 is 0 Å². The number of hydrogen-bond acceptors (Lipinski definition) is 4. The molecule has 0 aliphatic heterocycles. The lowest BCUT2D eigenvalue weighted by Crippen LogP contribution is -2.10. The predicted octanol–water partition coefficient (Wildman–Crippen LogP) is 4.50. The molecule has 0 saturated heterocycles. The van der Waals surface area contributed by atoms with Gasteiger partial charge < -0.3 is 14.2 Å². The van der Waals surface area contributed by atoms with Crippen LogP contribution in [0.5, 0.6) is 11.5 Å². The largest absolute Gasteiger partial charge is 0.493 e. The summed E-state index contributed by atoms with van der Waals surface area (Å²) >= 11 is 0. The van der Waals surface area contributed by atoms with Crippen molar-refractivity contribution in [2.24, 2.45) is 0 Å². The van der Waals surface area contributed by atoms with Gasteiger partial charge in [-0.15, -0.1) is 0 Å². The molecule has 0 unspecified atom stereocenters. The lowest BCUT2D eigenvalue weighted by molar-refractivity contribution is -0.138. The number of esters is 1. The van der Waals surface area contributed by atoms with Gasteiger partial charge in [0.1, 0.15) is 24.7 Å². The third kappa shape index (κ3) is 3.43. The Labute approximate surface area is 146 Å². The highest BCUT2D eigenvalue weighted by molar-refractivity contribution is 6.11. The molecule has 0 heterocycles. The first-order valence-corrected chi connectivity index (χ1v) is 8.24. The second kappa shape index (κ2) is 7.71. The third-order valence-corrected chi connectivity index (χ3v) is 3.86. The van der Waals surface area contributed by atoms with Gasteiger partial charge in [-0.2, -0.15) is 0 Å². The average Bonchev–Trinajstić information content (AvgIpc) is 2.66. The maximum absolute atomic E-state index is 11.2. The molecule has 0 saturated carbocycles. The van der Waals surface area contributed by atoms with Crippen molar-refractivity contribution in [3.63, 3.8) is 0 Å². The summed E-state index contributed by atoms with van der Waals surface area (Å²) in [5.74, 6) is 1.17. The normalized spacial score (nSPS) is 10.6. The van der Waals surface area contributed by atoms with Crippen LogP contribution in [0, 0.1) is 0 Å². The monoisotopic (exact) mass is 336 g/mol. The maximum Gasteiger partial charge on any atom is 0.330 e. The fourth-order valence-electron chi connectivity index (χ4n) is 2.85. The van der Waals surface area contributed by atoms with E-state index < -0.39 is 5.97 Å². The molecule has 0 fully saturated rings. The highest BCUT2D eigenvalue weighted by Crippen LogP contribution is 2.42. The van der Waals surface area contributed by atoms with Crippen LogP contribution in [-0.4, -0.2) is 25.8 Å². The van der Waals surface area contributed by atoms with E-state index in [0.29, 0.717) is 6.61 Å². The summed E-state index contributed by atoms with van der Waals surface area (Å²) in [5.41, 5.74) is 0. The van der Waals surface area contributed by atoms with E-state index in [1.54, 1.807) is 0 Å².